The number of esters is 2. The van der Waals surface area contributed by atoms with Crippen LogP contribution in [0.25, 0.3) is 0 Å². The van der Waals surface area contributed by atoms with Gasteiger partial charge in [-0.15, -0.1) is 0 Å². The van der Waals surface area contributed by atoms with Gasteiger partial charge in [-0.05, 0) is 44.1 Å². The van der Waals surface area contributed by atoms with E-state index >= 15 is 0 Å². The molecule has 0 radical (unpaired) electrons. The third kappa shape index (κ3) is 1.95. The van der Waals surface area contributed by atoms with Gasteiger partial charge in [0.1, 0.15) is 6.10 Å². The van der Waals surface area contributed by atoms with Gasteiger partial charge >= 0.3 is 11.9 Å². The summed E-state index contributed by atoms with van der Waals surface area (Å²) in [4.78, 5) is 29.1. The first-order valence-corrected chi connectivity index (χ1v) is 11.1. The van der Waals surface area contributed by atoms with Crippen molar-refractivity contribution >= 4 is 11.9 Å². The Morgan fingerprint density at radius 2 is 1.79 bits per heavy atom. The Kier molecular flexibility index (Phi) is 4.02. The van der Waals surface area contributed by atoms with Crippen LogP contribution < -0.4 is 9.47 Å². The van der Waals surface area contributed by atoms with E-state index in [1.807, 2.05) is 12.1 Å². The van der Waals surface area contributed by atoms with Gasteiger partial charge in [-0.1, -0.05) is 12.1 Å². The van der Waals surface area contributed by atoms with Crippen molar-refractivity contribution in [3.05, 3.63) is 46.6 Å². The zero-order chi connectivity index (χ0) is 23.3. The molecule has 8 heteroatoms. The molecule has 2 heterocycles. The van der Waals surface area contributed by atoms with Crippen LogP contribution in [-0.4, -0.2) is 76.6 Å². The normalized spacial score (nSPS) is 36.9. The number of rotatable bonds is 4. The number of carbonyl (C=O) groups is 2. The van der Waals surface area contributed by atoms with Crippen molar-refractivity contribution in [1.29, 1.82) is 0 Å². The maximum absolute atomic E-state index is 13.5. The van der Waals surface area contributed by atoms with Crippen LogP contribution in [0.15, 0.2) is 35.4 Å². The van der Waals surface area contributed by atoms with Crippen molar-refractivity contribution in [3.63, 3.8) is 0 Å². The molecule has 7 rings (SSSR count). The number of carbonyl (C=O) groups excluding carboxylic acids is 2. The van der Waals surface area contributed by atoms with E-state index in [0.29, 0.717) is 23.5 Å². The standard InChI is InChI=1S/C25H27NO7/c1-26-11-10-24-16-13-6-7-14(29-2)19(16)33-22(24)25(32-5)9-8-23(24,15(26)12-13)17(20(27)30-3)18(25)21(28)31-4/h6-9,15,22H,10-12H2,1-5H3/t15-,22-,23+,24+,25-/m1/s1. The van der Waals surface area contributed by atoms with Crippen LogP contribution in [0.1, 0.15) is 17.5 Å². The summed E-state index contributed by atoms with van der Waals surface area (Å²) in [5.74, 6) is 0.149. The lowest BCUT2D eigenvalue weighted by atomic mass is 9.37. The summed E-state index contributed by atoms with van der Waals surface area (Å²) < 4.78 is 29.1. The van der Waals surface area contributed by atoms with Gasteiger partial charge in [0.2, 0.25) is 0 Å². The molecule has 2 aliphatic heterocycles. The average molecular weight is 453 g/mol. The first kappa shape index (κ1) is 20.7. The van der Waals surface area contributed by atoms with Crippen molar-refractivity contribution in [2.24, 2.45) is 5.41 Å². The minimum absolute atomic E-state index is 0.0793. The van der Waals surface area contributed by atoms with Crippen LogP contribution in [-0.2, 0) is 35.6 Å². The smallest absolute Gasteiger partial charge is 0.337 e. The highest BCUT2D eigenvalue weighted by Gasteiger charge is 2.81. The Morgan fingerprint density at radius 3 is 2.45 bits per heavy atom. The van der Waals surface area contributed by atoms with Crippen molar-refractivity contribution in [3.8, 4) is 11.5 Å². The highest BCUT2D eigenvalue weighted by Crippen LogP contribution is 2.74. The second-order valence-corrected chi connectivity index (χ2v) is 9.48. The summed E-state index contributed by atoms with van der Waals surface area (Å²) in [5.41, 5.74) is -0.0485. The van der Waals surface area contributed by atoms with Crippen LogP contribution in [0.4, 0.5) is 0 Å². The topological polar surface area (TPSA) is 83.5 Å². The molecular formula is C25H27NO7. The van der Waals surface area contributed by atoms with E-state index in [0.717, 1.165) is 18.5 Å². The van der Waals surface area contributed by atoms with E-state index in [4.69, 9.17) is 23.7 Å². The van der Waals surface area contributed by atoms with E-state index in [2.05, 4.69) is 24.1 Å². The minimum atomic E-state index is -1.31. The summed E-state index contributed by atoms with van der Waals surface area (Å²) in [7, 11) is 7.88. The van der Waals surface area contributed by atoms with E-state index in [1.54, 1.807) is 7.11 Å². The first-order chi connectivity index (χ1) is 15.9. The van der Waals surface area contributed by atoms with E-state index < -0.39 is 34.5 Å². The van der Waals surface area contributed by atoms with Gasteiger partial charge in [-0.2, -0.15) is 0 Å². The fourth-order valence-corrected chi connectivity index (χ4v) is 7.62. The largest absolute Gasteiger partial charge is 0.493 e. The molecule has 1 aromatic carbocycles. The Balaban J connectivity index is 1.80. The molecule has 1 fully saturated rings. The number of methoxy groups -OCH3 is 4. The third-order valence-electron chi connectivity index (χ3n) is 8.78. The number of likely N-dealkylation sites (tertiary alicyclic amines) is 1. The summed E-state index contributed by atoms with van der Waals surface area (Å²) in [6.07, 6.45) is 4.82. The van der Waals surface area contributed by atoms with Gasteiger partial charge in [-0.25, -0.2) is 9.59 Å². The van der Waals surface area contributed by atoms with E-state index in [1.165, 1.54) is 26.9 Å². The fourth-order valence-electron chi connectivity index (χ4n) is 7.62. The van der Waals surface area contributed by atoms with Crippen LogP contribution in [0.5, 0.6) is 11.5 Å². The first-order valence-electron chi connectivity index (χ1n) is 11.1. The van der Waals surface area contributed by atoms with E-state index in [9.17, 15) is 9.59 Å². The number of likely N-dealkylation sites (N-methyl/N-ethyl adjacent to an activating group) is 1. The highest BCUT2D eigenvalue weighted by atomic mass is 16.6. The molecule has 174 valence electrons. The molecule has 0 aromatic heterocycles. The van der Waals surface area contributed by atoms with Gasteiger partial charge < -0.3 is 28.6 Å². The number of piperidine rings is 1. The van der Waals surface area contributed by atoms with Gasteiger partial charge in [0, 0.05) is 18.7 Å². The second-order valence-electron chi connectivity index (χ2n) is 9.48. The quantitative estimate of drug-likeness (QED) is 0.502. The minimum Gasteiger partial charge on any atom is -0.493 e. The zero-order valence-corrected chi connectivity index (χ0v) is 19.4. The van der Waals surface area contributed by atoms with Crippen molar-refractivity contribution in [2.75, 3.05) is 42.0 Å². The van der Waals surface area contributed by atoms with Crippen LogP contribution in [0.2, 0.25) is 0 Å². The van der Waals surface area contributed by atoms with Crippen LogP contribution in [0.3, 0.4) is 0 Å². The Labute approximate surface area is 192 Å². The molecule has 1 saturated heterocycles. The third-order valence-corrected chi connectivity index (χ3v) is 8.78. The van der Waals surface area contributed by atoms with Gasteiger partial charge in [0.25, 0.3) is 0 Å². The molecular weight excluding hydrogens is 426 g/mol. The molecule has 6 aliphatic rings. The van der Waals surface area contributed by atoms with Crippen LogP contribution >= 0.6 is 0 Å². The van der Waals surface area contributed by atoms with Gasteiger partial charge in [0.05, 0.1) is 43.3 Å². The fraction of sp³-hybridized carbons (Fsp3) is 0.520. The average Bonchev–Trinajstić information content (AvgIpc) is 3.21. The van der Waals surface area contributed by atoms with Crippen molar-refractivity contribution < 1.29 is 33.3 Å². The molecule has 8 nitrogen and oxygen atoms in total. The van der Waals surface area contributed by atoms with Gasteiger partial charge in [0.15, 0.2) is 17.1 Å². The Morgan fingerprint density at radius 1 is 1.06 bits per heavy atom. The van der Waals surface area contributed by atoms with Gasteiger partial charge in [-0.3, -0.25) is 0 Å². The molecule has 0 unspecified atom stereocenters. The zero-order valence-electron chi connectivity index (χ0n) is 19.4. The SMILES string of the molecule is COC(=O)C1=C(C(=O)OC)[C@@]23C=C[C@]1(OC)[C@@H]1Oc4c(OC)ccc5c4[C@@]12CCN(C)[C@@H]3C5. The molecule has 4 bridgehead atoms. The second kappa shape index (κ2) is 6.39. The number of hydrogen-bond donors (Lipinski definition) is 0. The summed E-state index contributed by atoms with van der Waals surface area (Å²) >= 11 is 0. The summed E-state index contributed by atoms with van der Waals surface area (Å²) in [6, 6.07) is 3.95. The molecule has 5 atom stereocenters. The molecule has 4 aliphatic carbocycles. The molecule has 2 spiro atoms. The maximum atomic E-state index is 13.5. The highest BCUT2D eigenvalue weighted by molar-refractivity contribution is 6.06. The maximum Gasteiger partial charge on any atom is 0.337 e. The van der Waals surface area contributed by atoms with E-state index in [-0.39, 0.29) is 11.6 Å². The molecule has 0 N–H and O–H groups in total. The number of ether oxygens (including phenoxy) is 5. The van der Waals surface area contributed by atoms with Crippen molar-refractivity contribution in [2.45, 2.75) is 36.0 Å². The number of hydrogen-bond acceptors (Lipinski definition) is 8. The summed E-state index contributed by atoms with van der Waals surface area (Å²) in [5, 5.41) is 0. The number of nitrogens with zero attached hydrogens (tertiary/aromatic N) is 1. The van der Waals surface area contributed by atoms with Crippen molar-refractivity contribution in [1.82, 2.24) is 4.90 Å². The molecule has 0 saturated carbocycles. The lowest BCUT2D eigenvalue weighted by Gasteiger charge is -2.68. The van der Waals surface area contributed by atoms with Crippen LogP contribution in [0, 0.1) is 5.41 Å². The lowest BCUT2D eigenvalue weighted by Crippen LogP contribution is -2.78. The molecule has 1 aromatic rings. The Hall–Kier alpha value is -2.84. The predicted molar refractivity (Wildman–Crippen MR) is 116 cm³/mol. The molecule has 0 amide bonds. The number of benzene rings is 1. The predicted octanol–water partition coefficient (Wildman–Crippen LogP) is 1.55. The monoisotopic (exact) mass is 453 g/mol. The lowest BCUT2D eigenvalue weighted by molar-refractivity contribution is -0.164. The summed E-state index contributed by atoms with van der Waals surface area (Å²) in [6.45, 7) is 0.817. The Bertz CT molecular complexity index is 1170. The molecule has 33 heavy (non-hydrogen) atoms.